The molecule has 19 heavy (non-hydrogen) atoms. The zero-order valence-electron chi connectivity index (χ0n) is 10.9. The summed E-state index contributed by atoms with van der Waals surface area (Å²) in [4.78, 5) is 12.0. The topological polar surface area (TPSA) is 59.8 Å². The molecule has 0 spiro atoms. The standard InChI is InChI=1S/C13H15BrN4O/c1-9-7-10(3-4-11(9)14)13(19)15-6-5-12-17-16-8-18(12)2/h3-4,7-8H,5-6H2,1-2H3,(H,15,19). The van der Waals surface area contributed by atoms with Crippen molar-refractivity contribution in [2.24, 2.45) is 7.05 Å². The molecule has 1 heterocycles. The average Bonchev–Trinajstić information content (AvgIpc) is 2.78. The van der Waals surface area contributed by atoms with E-state index in [1.165, 1.54) is 0 Å². The Bertz CT molecular complexity index is 594. The number of nitrogens with one attached hydrogen (secondary N) is 1. The number of benzene rings is 1. The smallest absolute Gasteiger partial charge is 0.251 e. The van der Waals surface area contributed by atoms with Gasteiger partial charge in [0.15, 0.2) is 0 Å². The quantitative estimate of drug-likeness (QED) is 0.934. The number of amides is 1. The van der Waals surface area contributed by atoms with E-state index in [1.54, 1.807) is 12.4 Å². The van der Waals surface area contributed by atoms with Crippen molar-refractivity contribution in [3.8, 4) is 0 Å². The van der Waals surface area contributed by atoms with Crippen molar-refractivity contribution in [1.82, 2.24) is 20.1 Å². The van der Waals surface area contributed by atoms with Gasteiger partial charge in [-0.25, -0.2) is 0 Å². The number of hydrogen-bond donors (Lipinski definition) is 1. The molecular formula is C13H15BrN4O. The number of hydrogen-bond acceptors (Lipinski definition) is 3. The van der Waals surface area contributed by atoms with Crippen molar-refractivity contribution in [2.75, 3.05) is 6.54 Å². The molecule has 0 unspecified atom stereocenters. The Morgan fingerprint density at radius 3 is 2.89 bits per heavy atom. The fourth-order valence-corrected chi connectivity index (χ4v) is 1.96. The van der Waals surface area contributed by atoms with E-state index in [4.69, 9.17) is 0 Å². The number of carbonyl (C=O) groups excluding carboxylic acids is 1. The Kier molecular flexibility index (Phi) is 4.31. The fraction of sp³-hybridized carbons (Fsp3) is 0.308. The minimum absolute atomic E-state index is 0.0715. The van der Waals surface area contributed by atoms with Crippen LogP contribution < -0.4 is 5.32 Å². The van der Waals surface area contributed by atoms with Gasteiger partial charge in [-0.3, -0.25) is 4.79 Å². The van der Waals surface area contributed by atoms with Gasteiger partial charge in [0.05, 0.1) is 0 Å². The minimum atomic E-state index is -0.0715. The summed E-state index contributed by atoms with van der Waals surface area (Å²) >= 11 is 3.42. The zero-order valence-corrected chi connectivity index (χ0v) is 12.4. The molecule has 0 saturated heterocycles. The molecule has 0 aliphatic heterocycles. The van der Waals surface area contributed by atoms with E-state index in [0.29, 0.717) is 18.5 Å². The van der Waals surface area contributed by atoms with Gasteiger partial charge in [0, 0.05) is 30.0 Å². The highest BCUT2D eigenvalue weighted by Crippen LogP contribution is 2.16. The summed E-state index contributed by atoms with van der Waals surface area (Å²) in [5.41, 5.74) is 1.71. The van der Waals surface area contributed by atoms with E-state index < -0.39 is 0 Å². The van der Waals surface area contributed by atoms with Crippen LogP contribution in [0.15, 0.2) is 29.0 Å². The molecule has 1 N–H and O–H groups in total. The van der Waals surface area contributed by atoms with Gasteiger partial charge in [0.1, 0.15) is 12.2 Å². The number of nitrogens with zero attached hydrogens (tertiary/aromatic N) is 3. The second-order valence-corrected chi connectivity index (χ2v) is 5.18. The summed E-state index contributed by atoms with van der Waals surface area (Å²) in [7, 11) is 1.88. The Morgan fingerprint density at radius 2 is 2.26 bits per heavy atom. The summed E-state index contributed by atoms with van der Waals surface area (Å²) in [5, 5.41) is 10.6. The van der Waals surface area contributed by atoms with E-state index >= 15 is 0 Å². The average molecular weight is 323 g/mol. The molecule has 0 atom stereocenters. The highest BCUT2D eigenvalue weighted by molar-refractivity contribution is 9.10. The lowest BCUT2D eigenvalue weighted by Gasteiger charge is -2.06. The third kappa shape index (κ3) is 3.41. The highest BCUT2D eigenvalue weighted by atomic mass is 79.9. The summed E-state index contributed by atoms with van der Waals surface area (Å²) in [5.74, 6) is 0.782. The van der Waals surface area contributed by atoms with Crippen molar-refractivity contribution in [3.05, 3.63) is 46.0 Å². The van der Waals surface area contributed by atoms with Crippen molar-refractivity contribution in [1.29, 1.82) is 0 Å². The lowest BCUT2D eigenvalue weighted by atomic mass is 10.1. The molecule has 0 aliphatic rings. The molecule has 1 amide bonds. The van der Waals surface area contributed by atoms with E-state index in [1.807, 2.05) is 30.7 Å². The van der Waals surface area contributed by atoms with Gasteiger partial charge in [0.25, 0.3) is 5.91 Å². The first kappa shape index (κ1) is 13.7. The van der Waals surface area contributed by atoms with Gasteiger partial charge in [-0.05, 0) is 30.7 Å². The van der Waals surface area contributed by atoms with Crippen LogP contribution in [-0.4, -0.2) is 27.2 Å². The van der Waals surface area contributed by atoms with Crippen molar-refractivity contribution >= 4 is 21.8 Å². The first-order valence-electron chi connectivity index (χ1n) is 5.95. The van der Waals surface area contributed by atoms with Gasteiger partial charge in [0.2, 0.25) is 0 Å². The largest absolute Gasteiger partial charge is 0.352 e. The molecule has 0 fully saturated rings. The van der Waals surface area contributed by atoms with E-state index in [-0.39, 0.29) is 5.91 Å². The number of carbonyl (C=O) groups is 1. The van der Waals surface area contributed by atoms with Crippen molar-refractivity contribution < 1.29 is 4.79 Å². The van der Waals surface area contributed by atoms with Crippen LogP contribution in [-0.2, 0) is 13.5 Å². The first-order chi connectivity index (χ1) is 9.08. The summed E-state index contributed by atoms with van der Waals surface area (Å²) < 4.78 is 2.85. The van der Waals surface area contributed by atoms with Crippen LogP contribution >= 0.6 is 15.9 Å². The van der Waals surface area contributed by atoms with Gasteiger partial charge in [-0.15, -0.1) is 10.2 Å². The van der Waals surface area contributed by atoms with E-state index in [9.17, 15) is 4.79 Å². The van der Waals surface area contributed by atoms with Crippen LogP contribution in [0.4, 0.5) is 0 Å². The Hall–Kier alpha value is -1.69. The normalized spacial score (nSPS) is 10.5. The predicted octanol–water partition coefficient (Wildman–Crippen LogP) is 1.86. The Labute approximate surface area is 120 Å². The maximum absolute atomic E-state index is 12.0. The maximum atomic E-state index is 12.0. The molecule has 1 aromatic heterocycles. The molecule has 5 nitrogen and oxygen atoms in total. The fourth-order valence-electron chi connectivity index (χ4n) is 1.71. The van der Waals surface area contributed by atoms with Crippen molar-refractivity contribution in [3.63, 3.8) is 0 Å². The van der Waals surface area contributed by atoms with Crippen LogP contribution in [0.1, 0.15) is 21.7 Å². The molecule has 2 aromatic rings. The highest BCUT2D eigenvalue weighted by Gasteiger charge is 2.07. The number of aryl methyl sites for hydroxylation is 2. The molecule has 2 rings (SSSR count). The zero-order chi connectivity index (χ0) is 13.8. The van der Waals surface area contributed by atoms with Gasteiger partial charge in [-0.1, -0.05) is 15.9 Å². The van der Waals surface area contributed by atoms with Crippen LogP contribution in [0, 0.1) is 6.92 Å². The SMILES string of the molecule is Cc1cc(C(=O)NCCc2nncn2C)ccc1Br. The Balaban J connectivity index is 1.91. The molecular weight excluding hydrogens is 308 g/mol. The first-order valence-corrected chi connectivity index (χ1v) is 6.74. The van der Waals surface area contributed by atoms with Crippen molar-refractivity contribution in [2.45, 2.75) is 13.3 Å². The number of halogens is 1. The summed E-state index contributed by atoms with van der Waals surface area (Å²) in [6.45, 7) is 2.50. The third-order valence-electron chi connectivity index (χ3n) is 2.86. The van der Waals surface area contributed by atoms with Gasteiger partial charge in [-0.2, -0.15) is 0 Å². The molecule has 0 bridgehead atoms. The molecule has 0 saturated carbocycles. The second-order valence-electron chi connectivity index (χ2n) is 4.33. The van der Waals surface area contributed by atoms with Crippen LogP contribution in [0.5, 0.6) is 0 Å². The Morgan fingerprint density at radius 1 is 1.47 bits per heavy atom. The van der Waals surface area contributed by atoms with Gasteiger partial charge < -0.3 is 9.88 Å². The van der Waals surface area contributed by atoms with Crippen LogP contribution in [0.2, 0.25) is 0 Å². The maximum Gasteiger partial charge on any atom is 0.251 e. The monoisotopic (exact) mass is 322 g/mol. The number of aromatic nitrogens is 3. The van der Waals surface area contributed by atoms with Crippen LogP contribution in [0.3, 0.4) is 0 Å². The number of rotatable bonds is 4. The summed E-state index contributed by atoms with van der Waals surface area (Å²) in [6.07, 6.45) is 2.31. The molecule has 100 valence electrons. The second kappa shape index (κ2) is 5.97. The molecule has 1 aromatic carbocycles. The lowest BCUT2D eigenvalue weighted by Crippen LogP contribution is -2.26. The third-order valence-corrected chi connectivity index (χ3v) is 3.75. The van der Waals surface area contributed by atoms with Gasteiger partial charge >= 0.3 is 0 Å². The van der Waals surface area contributed by atoms with E-state index in [0.717, 1.165) is 15.9 Å². The van der Waals surface area contributed by atoms with Crippen LogP contribution in [0.25, 0.3) is 0 Å². The predicted molar refractivity (Wildman–Crippen MR) is 75.9 cm³/mol. The van der Waals surface area contributed by atoms with E-state index in [2.05, 4.69) is 31.4 Å². The molecule has 6 heteroatoms. The summed E-state index contributed by atoms with van der Waals surface area (Å²) in [6, 6.07) is 5.55. The molecule has 0 radical (unpaired) electrons. The minimum Gasteiger partial charge on any atom is -0.352 e. The lowest BCUT2D eigenvalue weighted by molar-refractivity contribution is 0.0954. The molecule has 0 aliphatic carbocycles.